The summed E-state index contributed by atoms with van der Waals surface area (Å²) in [4.78, 5) is 9.16. The lowest BCUT2D eigenvalue weighted by Crippen LogP contribution is -2.12. The summed E-state index contributed by atoms with van der Waals surface area (Å²) in [7, 11) is 0. The van der Waals surface area contributed by atoms with E-state index in [0.717, 1.165) is 37.6 Å². The van der Waals surface area contributed by atoms with Crippen LogP contribution in [0.2, 0.25) is 0 Å². The Labute approximate surface area is 177 Å². The average molecular weight is 489 g/mol. The van der Waals surface area contributed by atoms with Crippen molar-refractivity contribution in [3.63, 3.8) is 0 Å². The van der Waals surface area contributed by atoms with E-state index in [-0.39, 0.29) is 0 Å². The number of aromatic nitrogens is 2. The number of ether oxygens (including phenoxy) is 3. The summed E-state index contributed by atoms with van der Waals surface area (Å²) in [6.45, 7) is 3.96. The van der Waals surface area contributed by atoms with Gasteiger partial charge in [0.05, 0.1) is 18.9 Å². The van der Waals surface area contributed by atoms with Gasteiger partial charge in [0.1, 0.15) is 24.7 Å². The minimum atomic E-state index is 0.472. The van der Waals surface area contributed by atoms with E-state index >= 15 is 0 Å². The predicted octanol–water partition coefficient (Wildman–Crippen LogP) is 4.59. The van der Waals surface area contributed by atoms with Gasteiger partial charge < -0.3 is 19.5 Å². The molecule has 1 aromatic heterocycles. The number of nitrogens with one attached hydrogen (secondary N) is 1. The molecule has 1 aliphatic rings. The molecule has 0 unspecified atom stereocenters. The van der Waals surface area contributed by atoms with Gasteiger partial charge in [-0.05, 0) is 59.3 Å². The highest BCUT2D eigenvalue weighted by Crippen LogP contribution is 2.28. The molecule has 6 bridgehead atoms. The molecule has 0 fully saturated rings. The second-order valence-corrected chi connectivity index (χ2v) is 7.61. The van der Waals surface area contributed by atoms with Crippen molar-refractivity contribution in [2.75, 3.05) is 31.7 Å². The van der Waals surface area contributed by atoms with Gasteiger partial charge in [0.15, 0.2) is 0 Å². The molecule has 2 aromatic carbocycles. The maximum absolute atomic E-state index is 5.81. The lowest BCUT2D eigenvalue weighted by atomic mass is 10.1. The molecule has 0 spiro atoms. The summed E-state index contributed by atoms with van der Waals surface area (Å²) >= 11 is 2.27. The van der Waals surface area contributed by atoms with Gasteiger partial charge in [0, 0.05) is 27.1 Å². The van der Waals surface area contributed by atoms with E-state index < -0.39 is 0 Å². The lowest BCUT2D eigenvalue weighted by Gasteiger charge is -2.12. The van der Waals surface area contributed by atoms with Crippen molar-refractivity contribution in [1.29, 1.82) is 0 Å². The minimum Gasteiger partial charge on any atom is -0.491 e. The third-order valence-corrected chi connectivity index (χ3v) is 4.82. The number of aryl methyl sites for hydroxylation is 1. The molecule has 1 aliphatic heterocycles. The van der Waals surface area contributed by atoms with Crippen LogP contribution in [0, 0.1) is 10.5 Å². The molecule has 1 N–H and O–H groups in total. The molecule has 6 nitrogen and oxygen atoms in total. The van der Waals surface area contributed by atoms with Crippen LogP contribution < -0.4 is 14.8 Å². The molecule has 144 valence electrons. The first kappa shape index (κ1) is 18.9. The maximum atomic E-state index is 5.81. The minimum absolute atomic E-state index is 0.472. The van der Waals surface area contributed by atoms with E-state index in [1.54, 1.807) is 0 Å². The number of halogens is 1. The molecule has 28 heavy (non-hydrogen) atoms. The molecule has 4 rings (SSSR count). The molecule has 2 heterocycles. The van der Waals surface area contributed by atoms with E-state index in [0.29, 0.717) is 32.4 Å². The Hall–Kier alpha value is -2.39. The highest BCUT2D eigenvalue weighted by Gasteiger charge is 2.10. The smallest absolute Gasteiger partial charge is 0.227 e. The fourth-order valence-corrected chi connectivity index (χ4v) is 3.56. The first-order valence-corrected chi connectivity index (χ1v) is 10.1. The molecule has 3 aromatic rings. The Morgan fingerprint density at radius 2 is 1.79 bits per heavy atom. The monoisotopic (exact) mass is 489 g/mol. The fraction of sp³-hybridized carbons (Fsp3) is 0.238. The third kappa shape index (κ3) is 4.71. The number of benzene rings is 2. The van der Waals surface area contributed by atoms with E-state index in [1.165, 1.54) is 0 Å². The fourth-order valence-electron chi connectivity index (χ4n) is 2.91. The standard InChI is InChI=1S/C21H20IN3O3/c1-14-13-23-21-24-17-10-16(22)11-19(12-17)28-8-6-26-5-7-27-18-4-2-3-15(9-18)20(14)25-21/h2-4,9-13H,5-8H2,1H3,(H,23,24,25). The average Bonchev–Trinajstić information content (AvgIpc) is 2.68. The van der Waals surface area contributed by atoms with E-state index in [4.69, 9.17) is 19.2 Å². The van der Waals surface area contributed by atoms with E-state index in [1.807, 2.05) is 55.6 Å². The molecule has 7 heteroatoms. The van der Waals surface area contributed by atoms with Crippen molar-refractivity contribution < 1.29 is 14.2 Å². The van der Waals surface area contributed by atoms with Gasteiger partial charge in [0.25, 0.3) is 0 Å². The zero-order valence-electron chi connectivity index (χ0n) is 15.4. The second kappa shape index (κ2) is 8.74. The van der Waals surface area contributed by atoms with E-state index in [9.17, 15) is 0 Å². The van der Waals surface area contributed by atoms with Crippen molar-refractivity contribution in [3.8, 4) is 22.8 Å². The van der Waals surface area contributed by atoms with Gasteiger partial charge in [-0.3, -0.25) is 0 Å². The topological polar surface area (TPSA) is 65.5 Å². The van der Waals surface area contributed by atoms with Crippen LogP contribution in [0.5, 0.6) is 11.5 Å². The number of nitrogens with zero attached hydrogens (tertiary/aromatic N) is 2. The number of anilines is 2. The zero-order chi connectivity index (χ0) is 19.3. The summed E-state index contributed by atoms with van der Waals surface area (Å²) in [5, 5.41) is 3.28. The van der Waals surface area contributed by atoms with Crippen LogP contribution in [0.1, 0.15) is 5.56 Å². The lowest BCUT2D eigenvalue weighted by molar-refractivity contribution is 0.0764. The first-order chi connectivity index (χ1) is 13.7. The normalized spacial score (nSPS) is 14.2. The van der Waals surface area contributed by atoms with Crippen LogP contribution >= 0.6 is 22.6 Å². The molecule has 0 saturated carbocycles. The van der Waals surface area contributed by atoms with Crippen molar-refractivity contribution >= 4 is 34.2 Å². The predicted molar refractivity (Wildman–Crippen MR) is 116 cm³/mol. The molecule has 0 saturated heterocycles. The molecular weight excluding hydrogens is 469 g/mol. The van der Waals surface area contributed by atoms with Crippen molar-refractivity contribution in [3.05, 3.63) is 57.8 Å². The van der Waals surface area contributed by atoms with Crippen LogP contribution in [0.3, 0.4) is 0 Å². The van der Waals surface area contributed by atoms with Gasteiger partial charge >= 0.3 is 0 Å². The molecule has 0 amide bonds. The molecular formula is C21H20IN3O3. The summed E-state index contributed by atoms with van der Waals surface area (Å²) in [6, 6.07) is 13.9. The molecule has 0 atom stereocenters. The van der Waals surface area contributed by atoms with Crippen LogP contribution in [0.15, 0.2) is 48.7 Å². The third-order valence-electron chi connectivity index (χ3n) is 4.20. The molecule has 0 aliphatic carbocycles. The highest BCUT2D eigenvalue weighted by molar-refractivity contribution is 14.1. The Bertz CT molecular complexity index is 981. The van der Waals surface area contributed by atoms with Crippen LogP contribution in [0.4, 0.5) is 11.6 Å². The largest absolute Gasteiger partial charge is 0.491 e. The van der Waals surface area contributed by atoms with Gasteiger partial charge in [-0.1, -0.05) is 12.1 Å². The Morgan fingerprint density at radius 1 is 0.964 bits per heavy atom. The number of hydrogen-bond donors (Lipinski definition) is 1. The summed E-state index contributed by atoms with van der Waals surface area (Å²) < 4.78 is 18.3. The first-order valence-electron chi connectivity index (χ1n) is 9.02. The Balaban J connectivity index is 1.73. The van der Waals surface area contributed by atoms with E-state index in [2.05, 4.69) is 32.9 Å². The van der Waals surface area contributed by atoms with Crippen LogP contribution in [-0.4, -0.2) is 36.4 Å². The van der Waals surface area contributed by atoms with Crippen molar-refractivity contribution in [2.24, 2.45) is 0 Å². The van der Waals surface area contributed by atoms with Crippen LogP contribution in [-0.2, 0) is 4.74 Å². The summed E-state index contributed by atoms with van der Waals surface area (Å²) in [5.41, 5.74) is 3.72. The van der Waals surface area contributed by atoms with Gasteiger partial charge in [0.2, 0.25) is 5.95 Å². The second-order valence-electron chi connectivity index (χ2n) is 6.36. The van der Waals surface area contributed by atoms with Crippen molar-refractivity contribution in [1.82, 2.24) is 9.97 Å². The SMILES string of the molecule is Cc1cnc2nc1-c1cccc(c1)OCCOCCOc1cc(I)cc(c1)N2. The summed E-state index contributed by atoms with van der Waals surface area (Å²) in [6.07, 6.45) is 1.82. The van der Waals surface area contributed by atoms with Crippen LogP contribution in [0.25, 0.3) is 11.3 Å². The number of rotatable bonds is 0. The quantitative estimate of drug-likeness (QED) is 0.467. The summed E-state index contributed by atoms with van der Waals surface area (Å²) in [5.74, 6) is 2.10. The van der Waals surface area contributed by atoms with Gasteiger partial charge in [-0.25, -0.2) is 9.97 Å². The van der Waals surface area contributed by atoms with Gasteiger partial charge in [-0.15, -0.1) is 0 Å². The maximum Gasteiger partial charge on any atom is 0.227 e. The Morgan fingerprint density at radius 3 is 2.64 bits per heavy atom. The number of hydrogen-bond acceptors (Lipinski definition) is 6. The number of fused-ring (bicyclic) bond motifs is 7. The van der Waals surface area contributed by atoms with Crippen molar-refractivity contribution in [2.45, 2.75) is 6.92 Å². The zero-order valence-corrected chi connectivity index (χ0v) is 17.6. The highest BCUT2D eigenvalue weighted by atomic mass is 127. The van der Waals surface area contributed by atoms with Gasteiger partial charge in [-0.2, -0.15) is 0 Å². The Kier molecular flexibility index (Phi) is 5.92. The molecule has 0 radical (unpaired) electrons.